The van der Waals surface area contributed by atoms with Crippen LogP contribution in [0.15, 0.2) is 60.7 Å². The summed E-state index contributed by atoms with van der Waals surface area (Å²) in [6, 6.07) is 19.7. The Balaban J connectivity index is 1.74. The van der Waals surface area contributed by atoms with E-state index >= 15 is 0 Å². The zero-order valence-corrected chi connectivity index (χ0v) is 14.8. The van der Waals surface area contributed by atoms with E-state index < -0.39 is 5.60 Å². The minimum atomic E-state index is -1.06. The molecule has 1 heterocycles. The van der Waals surface area contributed by atoms with Crippen molar-refractivity contribution in [1.29, 1.82) is 0 Å². The highest BCUT2D eigenvalue weighted by atomic mass is 16.3. The minimum Gasteiger partial charge on any atom is -0.379 e. The first-order valence-corrected chi connectivity index (χ1v) is 9.30. The van der Waals surface area contributed by atoms with Crippen molar-refractivity contribution in [2.45, 2.75) is 37.7 Å². The third kappa shape index (κ3) is 4.72. The second kappa shape index (κ2) is 8.85. The fourth-order valence-electron chi connectivity index (χ4n) is 3.45. The molecule has 1 aliphatic rings. The van der Waals surface area contributed by atoms with Crippen LogP contribution in [0.2, 0.25) is 0 Å². The SMILES string of the molecule is OC(CC#CCN1CCCCCC1)(c1ccccc1)c1ccccc1. The predicted molar refractivity (Wildman–Crippen MR) is 103 cm³/mol. The van der Waals surface area contributed by atoms with Gasteiger partial charge in [0, 0.05) is 6.42 Å². The Morgan fingerprint density at radius 1 is 0.760 bits per heavy atom. The Bertz CT molecular complexity index is 652. The Hall–Kier alpha value is -2.08. The van der Waals surface area contributed by atoms with Crippen LogP contribution in [0.5, 0.6) is 0 Å². The van der Waals surface area contributed by atoms with E-state index in [4.69, 9.17) is 0 Å². The van der Waals surface area contributed by atoms with Gasteiger partial charge in [-0.15, -0.1) is 0 Å². The Kier molecular flexibility index (Phi) is 6.28. The van der Waals surface area contributed by atoms with Crippen LogP contribution in [0.25, 0.3) is 0 Å². The average Bonchev–Trinajstić information content (AvgIpc) is 2.95. The third-order valence-corrected chi connectivity index (χ3v) is 4.97. The van der Waals surface area contributed by atoms with Gasteiger partial charge in [-0.05, 0) is 37.1 Å². The molecule has 2 nitrogen and oxygen atoms in total. The lowest BCUT2D eigenvalue weighted by atomic mass is 9.84. The molecule has 0 aromatic heterocycles. The van der Waals surface area contributed by atoms with Gasteiger partial charge in [0.05, 0.1) is 6.54 Å². The number of likely N-dealkylation sites (tertiary alicyclic amines) is 1. The van der Waals surface area contributed by atoms with Crippen molar-refractivity contribution in [3.05, 3.63) is 71.8 Å². The van der Waals surface area contributed by atoms with Crippen LogP contribution >= 0.6 is 0 Å². The molecule has 0 amide bonds. The molecule has 0 saturated carbocycles. The summed E-state index contributed by atoms with van der Waals surface area (Å²) < 4.78 is 0. The zero-order chi connectivity index (χ0) is 17.4. The molecule has 2 heteroatoms. The standard InChI is InChI=1S/C23H27NO/c25-23(21-13-5-3-6-14-21,22-15-7-4-8-16-22)17-9-12-20-24-18-10-1-2-11-19-24/h3-8,13-16,25H,1-2,10-11,17-20H2. The van der Waals surface area contributed by atoms with Gasteiger partial charge in [-0.2, -0.15) is 0 Å². The van der Waals surface area contributed by atoms with Crippen LogP contribution in [0.3, 0.4) is 0 Å². The summed E-state index contributed by atoms with van der Waals surface area (Å²) in [5.74, 6) is 6.54. The van der Waals surface area contributed by atoms with Crippen molar-refractivity contribution < 1.29 is 5.11 Å². The van der Waals surface area contributed by atoms with E-state index in [1.807, 2.05) is 60.7 Å². The number of hydrogen-bond acceptors (Lipinski definition) is 2. The maximum absolute atomic E-state index is 11.4. The van der Waals surface area contributed by atoms with E-state index in [2.05, 4.69) is 16.7 Å². The molecule has 1 fully saturated rings. The lowest BCUT2D eigenvalue weighted by molar-refractivity contribution is 0.0864. The van der Waals surface area contributed by atoms with Crippen molar-refractivity contribution in [2.75, 3.05) is 19.6 Å². The molecular weight excluding hydrogens is 306 g/mol. The molecule has 130 valence electrons. The zero-order valence-electron chi connectivity index (χ0n) is 14.8. The third-order valence-electron chi connectivity index (χ3n) is 4.97. The first-order chi connectivity index (χ1) is 12.3. The summed E-state index contributed by atoms with van der Waals surface area (Å²) in [6.07, 6.45) is 5.64. The van der Waals surface area contributed by atoms with Gasteiger partial charge in [0.15, 0.2) is 0 Å². The van der Waals surface area contributed by atoms with E-state index in [0.29, 0.717) is 6.42 Å². The molecule has 0 bridgehead atoms. The highest BCUT2D eigenvalue weighted by Gasteiger charge is 2.30. The lowest BCUT2D eigenvalue weighted by Crippen LogP contribution is -2.27. The highest BCUT2D eigenvalue weighted by Crippen LogP contribution is 2.32. The monoisotopic (exact) mass is 333 g/mol. The van der Waals surface area contributed by atoms with Gasteiger partial charge < -0.3 is 5.11 Å². The van der Waals surface area contributed by atoms with Gasteiger partial charge in [-0.3, -0.25) is 4.90 Å². The summed E-state index contributed by atoms with van der Waals surface area (Å²) in [7, 11) is 0. The van der Waals surface area contributed by atoms with E-state index in [1.54, 1.807) is 0 Å². The van der Waals surface area contributed by atoms with Gasteiger partial charge in [0.2, 0.25) is 0 Å². The number of hydrogen-bond donors (Lipinski definition) is 1. The van der Waals surface area contributed by atoms with Gasteiger partial charge >= 0.3 is 0 Å². The second-order valence-electron chi connectivity index (χ2n) is 6.81. The molecule has 25 heavy (non-hydrogen) atoms. The van der Waals surface area contributed by atoms with Crippen molar-refractivity contribution in [2.24, 2.45) is 0 Å². The molecule has 0 aliphatic carbocycles. The van der Waals surface area contributed by atoms with Crippen molar-refractivity contribution in [3.8, 4) is 11.8 Å². The normalized spacial score (nSPS) is 15.9. The molecule has 1 saturated heterocycles. The first kappa shape index (κ1) is 17.7. The van der Waals surface area contributed by atoms with Crippen LogP contribution in [-0.2, 0) is 5.60 Å². The minimum absolute atomic E-state index is 0.412. The second-order valence-corrected chi connectivity index (χ2v) is 6.81. The summed E-state index contributed by atoms with van der Waals surface area (Å²) >= 11 is 0. The smallest absolute Gasteiger partial charge is 0.125 e. The molecule has 0 unspecified atom stereocenters. The maximum Gasteiger partial charge on any atom is 0.125 e. The number of rotatable bonds is 4. The molecule has 0 radical (unpaired) electrons. The Morgan fingerprint density at radius 2 is 1.28 bits per heavy atom. The Morgan fingerprint density at radius 3 is 1.80 bits per heavy atom. The van der Waals surface area contributed by atoms with E-state index in [0.717, 1.165) is 30.8 Å². The van der Waals surface area contributed by atoms with E-state index in [-0.39, 0.29) is 0 Å². The van der Waals surface area contributed by atoms with E-state index in [1.165, 1.54) is 25.7 Å². The number of aliphatic hydroxyl groups is 1. The van der Waals surface area contributed by atoms with Crippen molar-refractivity contribution in [1.82, 2.24) is 4.90 Å². The van der Waals surface area contributed by atoms with Crippen LogP contribution in [-0.4, -0.2) is 29.6 Å². The summed E-state index contributed by atoms with van der Waals surface area (Å²) in [5, 5.41) is 11.4. The Labute approximate surface area is 151 Å². The number of benzene rings is 2. The average molecular weight is 333 g/mol. The number of nitrogens with zero attached hydrogens (tertiary/aromatic N) is 1. The maximum atomic E-state index is 11.4. The van der Waals surface area contributed by atoms with Crippen molar-refractivity contribution in [3.63, 3.8) is 0 Å². The molecule has 0 spiro atoms. The molecule has 1 aliphatic heterocycles. The molecular formula is C23H27NO. The summed E-state index contributed by atoms with van der Waals surface area (Å²) in [4.78, 5) is 2.43. The van der Waals surface area contributed by atoms with Crippen LogP contribution in [0.1, 0.15) is 43.2 Å². The van der Waals surface area contributed by atoms with Crippen LogP contribution < -0.4 is 0 Å². The van der Waals surface area contributed by atoms with Gasteiger partial charge in [0.25, 0.3) is 0 Å². The van der Waals surface area contributed by atoms with Crippen LogP contribution in [0, 0.1) is 11.8 Å². The van der Waals surface area contributed by atoms with Crippen LogP contribution in [0.4, 0.5) is 0 Å². The first-order valence-electron chi connectivity index (χ1n) is 9.30. The highest BCUT2D eigenvalue weighted by molar-refractivity contribution is 5.37. The van der Waals surface area contributed by atoms with Gasteiger partial charge in [-0.1, -0.05) is 85.3 Å². The van der Waals surface area contributed by atoms with E-state index in [9.17, 15) is 5.11 Å². The fraction of sp³-hybridized carbons (Fsp3) is 0.391. The predicted octanol–water partition coefficient (Wildman–Crippen LogP) is 4.19. The summed E-state index contributed by atoms with van der Waals surface area (Å²) in [5.41, 5.74) is 0.726. The summed E-state index contributed by atoms with van der Waals surface area (Å²) in [6.45, 7) is 3.10. The van der Waals surface area contributed by atoms with Crippen molar-refractivity contribution >= 4 is 0 Å². The molecule has 0 atom stereocenters. The molecule has 3 rings (SSSR count). The van der Waals surface area contributed by atoms with Gasteiger partial charge in [-0.25, -0.2) is 0 Å². The topological polar surface area (TPSA) is 23.5 Å². The largest absolute Gasteiger partial charge is 0.379 e. The molecule has 2 aromatic carbocycles. The quantitative estimate of drug-likeness (QED) is 0.848. The molecule has 2 aromatic rings. The fourth-order valence-corrected chi connectivity index (χ4v) is 3.45. The molecule has 1 N–H and O–H groups in total. The van der Waals surface area contributed by atoms with Gasteiger partial charge in [0.1, 0.15) is 5.60 Å². The lowest BCUT2D eigenvalue weighted by Gasteiger charge is -2.27.